The Morgan fingerprint density at radius 2 is 1.91 bits per heavy atom. The van der Waals surface area contributed by atoms with E-state index in [1.807, 2.05) is 30.3 Å². The van der Waals surface area contributed by atoms with Crippen molar-refractivity contribution in [2.45, 2.75) is 38.9 Å². The van der Waals surface area contributed by atoms with E-state index in [0.29, 0.717) is 35.3 Å². The molecule has 32 heavy (non-hydrogen) atoms. The molecule has 2 heterocycles. The van der Waals surface area contributed by atoms with Crippen molar-refractivity contribution < 1.29 is 14.1 Å². The first-order valence-corrected chi connectivity index (χ1v) is 11.1. The number of aryl methyl sites for hydroxylation is 1. The van der Waals surface area contributed by atoms with Gasteiger partial charge in [-0.15, -0.1) is 0 Å². The Morgan fingerprint density at radius 3 is 2.59 bits per heavy atom. The van der Waals surface area contributed by atoms with E-state index in [0.717, 1.165) is 16.8 Å². The Hall–Kier alpha value is -2.61. The summed E-state index contributed by atoms with van der Waals surface area (Å²) in [5.41, 5.74) is 2.27. The van der Waals surface area contributed by atoms with Crippen molar-refractivity contribution in [1.82, 2.24) is 10.1 Å². The summed E-state index contributed by atoms with van der Waals surface area (Å²) in [6.07, 6.45) is -0.774. The number of hydrogen-bond donors (Lipinski definition) is 1. The lowest BCUT2D eigenvalue weighted by atomic mass is 9.99. The number of nitrogens with zero attached hydrogens (tertiary/aromatic N) is 2. The van der Waals surface area contributed by atoms with Gasteiger partial charge in [-0.2, -0.15) is 0 Å². The van der Waals surface area contributed by atoms with E-state index in [-0.39, 0.29) is 11.8 Å². The van der Waals surface area contributed by atoms with Crippen LogP contribution in [-0.2, 0) is 16.0 Å². The molecule has 2 aromatic carbocycles. The van der Waals surface area contributed by atoms with Crippen LogP contribution in [0.15, 0.2) is 51.8 Å². The van der Waals surface area contributed by atoms with E-state index in [4.69, 9.17) is 27.9 Å². The average Bonchev–Trinajstić information content (AvgIpc) is 3.13. The number of H-pyrrole nitrogens is 1. The average molecular weight is 476 g/mol. The van der Waals surface area contributed by atoms with Gasteiger partial charge in [0, 0.05) is 39.8 Å². The van der Waals surface area contributed by atoms with Crippen LogP contribution in [0, 0.1) is 5.92 Å². The molecule has 0 aliphatic carbocycles. The highest BCUT2D eigenvalue weighted by Crippen LogP contribution is 2.42. The van der Waals surface area contributed by atoms with Crippen molar-refractivity contribution in [1.29, 1.82) is 0 Å². The second-order valence-electron chi connectivity index (χ2n) is 8.15. The van der Waals surface area contributed by atoms with Gasteiger partial charge in [0.25, 0.3) is 5.91 Å². The number of fused-ring (bicyclic) bond motifs is 1. The fraction of sp³-hybridized carbons (Fsp3) is 0.348. The Balaban J connectivity index is 1.79. The smallest absolute Gasteiger partial charge is 0.356 e. The molecule has 3 aromatic rings. The van der Waals surface area contributed by atoms with E-state index < -0.39 is 18.0 Å². The molecule has 2 atom stereocenters. The van der Waals surface area contributed by atoms with Crippen LogP contribution in [-0.4, -0.2) is 28.7 Å². The fourth-order valence-electron chi connectivity index (χ4n) is 3.88. The minimum Gasteiger partial charge on any atom is -0.356 e. The Labute approximate surface area is 195 Å². The number of hydrogen-bond acceptors (Lipinski definition) is 5. The monoisotopic (exact) mass is 475 g/mol. The normalized spacial score (nSPS) is 18.7. The SMILES string of the molecule is CC(C)CN1C(=O)[C@@H](CCc2noc(=O)[nH]2)O[C@H](c2ccccc2Cl)c2cc(Cl)ccc21. The Kier molecular flexibility index (Phi) is 6.69. The van der Waals surface area contributed by atoms with Crippen molar-refractivity contribution in [3.05, 3.63) is 80.0 Å². The zero-order valence-electron chi connectivity index (χ0n) is 17.7. The number of amides is 1. The summed E-state index contributed by atoms with van der Waals surface area (Å²) in [5, 5.41) is 4.77. The molecule has 168 valence electrons. The second kappa shape index (κ2) is 9.48. The molecule has 1 aliphatic heterocycles. The summed E-state index contributed by atoms with van der Waals surface area (Å²) in [7, 11) is 0. The molecule has 0 bridgehead atoms. The van der Waals surface area contributed by atoms with Crippen molar-refractivity contribution in [3.8, 4) is 0 Å². The molecule has 9 heteroatoms. The van der Waals surface area contributed by atoms with Crippen molar-refractivity contribution in [2.75, 3.05) is 11.4 Å². The van der Waals surface area contributed by atoms with Gasteiger partial charge in [-0.25, -0.2) is 4.79 Å². The number of carbonyl (C=O) groups is 1. The van der Waals surface area contributed by atoms with Crippen LogP contribution in [0.4, 0.5) is 5.69 Å². The third-order valence-corrected chi connectivity index (χ3v) is 5.85. The third kappa shape index (κ3) is 4.75. The molecule has 7 nitrogen and oxygen atoms in total. The van der Waals surface area contributed by atoms with Crippen LogP contribution in [0.1, 0.15) is 43.3 Å². The quantitative estimate of drug-likeness (QED) is 0.553. The highest BCUT2D eigenvalue weighted by atomic mass is 35.5. The number of nitrogens with one attached hydrogen (secondary N) is 1. The van der Waals surface area contributed by atoms with E-state index in [1.165, 1.54) is 0 Å². The van der Waals surface area contributed by atoms with Gasteiger partial charge in [-0.05, 0) is 36.6 Å². The van der Waals surface area contributed by atoms with Crippen LogP contribution in [0.25, 0.3) is 0 Å². The number of rotatable bonds is 6. The molecule has 1 aliphatic rings. The van der Waals surface area contributed by atoms with E-state index in [9.17, 15) is 9.59 Å². The van der Waals surface area contributed by atoms with Crippen molar-refractivity contribution in [2.24, 2.45) is 5.92 Å². The van der Waals surface area contributed by atoms with Gasteiger partial charge in [0.2, 0.25) is 0 Å². The van der Waals surface area contributed by atoms with Crippen LogP contribution in [0.2, 0.25) is 10.0 Å². The maximum atomic E-state index is 13.6. The molecule has 4 rings (SSSR count). The molecule has 0 saturated heterocycles. The number of halogens is 2. The van der Waals surface area contributed by atoms with E-state index in [2.05, 4.69) is 28.5 Å². The first kappa shape index (κ1) is 22.6. The van der Waals surface area contributed by atoms with Crippen molar-refractivity contribution >= 4 is 34.8 Å². The summed E-state index contributed by atoms with van der Waals surface area (Å²) in [6, 6.07) is 12.8. The molecule has 0 unspecified atom stereocenters. The lowest BCUT2D eigenvalue weighted by Crippen LogP contribution is -2.41. The Morgan fingerprint density at radius 1 is 1.12 bits per heavy atom. The largest absolute Gasteiger partial charge is 0.438 e. The van der Waals surface area contributed by atoms with Crippen LogP contribution in [0.5, 0.6) is 0 Å². The number of ether oxygens (including phenoxy) is 1. The molecule has 1 N–H and O–H groups in total. The standard InChI is InChI=1S/C23H23Cl2N3O4/c1-13(2)12-28-18-8-7-14(24)11-16(18)21(15-5-3-4-6-17(15)25)31-19(22(28)29)9-10-20-26-23(30)32-27-20/h3-8,11,13,19,21H,9-10,12H2,1-2H3,(H,26,27,30)/t19-,21-/m1/s1. The summed E-state index contributed by atoms with van der Waals surface area (Å²) in [6.45, 7) is 4.62. The number of aromatic nitrogens is 2. The van der Waals surface area contributed by atoms with E-state index in [1.54, 1.807) is 17.0 Å². The topological polar surface area (TPSA) is 88.4 Å². The first-order chi connectivity index (χ1) is 15.3. The number of aromatic amines is 1. The predicted molar refractivity (Wildman–Crippen MR) is 122 cm³/mol. The van der Waals surface area contributed by atoms with Crippen LogP contribution in [0.3, 0.4) is 0 Å². The first-order valence-electron chi connectivity index (χ1n) is 10.4. The van der Waals surface area contributed by atoms with Gasteiger partial charge >= 0.3 is 5.76 Å². The predicted octanol–water partition coefficient (Wildman–Crippen LogP) is 4.78. The summed E-state index contributed by atoms with van der Waals surface area (Å²) in [5.74, 6) is -0.207. The highest BCUT2D eigenvalue weighted by molar-refractivity contribution is 6.31. The lowest BCUT2D eigenvalue weighted by Gasteiger charge is -2.26. The molecular formula is C23H23Cl2N3O4. The zero-order valence-corrected chi connectivity index (χ0v) is 19.2. The maximum Gasteiger partial charge on any atom is 0.438 e. The lowest BCUT2D eigenvalue weighted by molar-refractivity contribution is -0.132. The molecule has 0 saturated carbocycles. The van der Waals surface area contributed by atoms with Gasteiger partial charge in [-0.3, -0.25) is 14.3 Å². The Bertz CT molecular complexity index is 1170. The number of carbonyl (C=O) groups excluding carboxylic acids is 1. The number of benzene rings is 2. The van der Waals surface area contributed by atoms with Gasteiger partial charge < -0.3 is 9.64 Å². The molecule has 0 spiro atoms. The van der Waals surface area contributed by atoms with Gasteiger partial charge in [0.15, 0.2) is 5.82 Å². The molecule has 0 fully saturated rings. The summed E-state index contributed by atoms with van der Waals surface area (Å²) < 4.78 is 11.0. The minimum absolute atomic E-state index is 0.164. The zero-order chi connectivity index (χ0) is 22.8. The second-order valence-corrected chi connectivity index (χ2v) is 9.00. The highest BCUT2D eigenvalue weighted by Gasteiger charge is 2.37. The van der Waals surface area contributed by atoms with E-state index >= 15 is 0 Å². The van der Waals surface area contributed by atoms with Gasteiger partial charge in [0.1, 0.15) is 12.2 Å². The minimum atomic E-state index is -0.790. The van der Waals surface area contributed by atoms with Gasteiger partial charge in [-0.1, -0.05) is 60.4 Å². The summed E-state index contributed by atoms with van der Waals surface area (Å²) in [4.78, 5) is 29.2. The molecule has 1 amide bonds. The number of anilines is 1. The fourth-order valence-corrected chi connectivity index (χ4v) is 4.29. The summed E-state index contributed by atoms with van der Waals surface area (Å²) >= 11 is 12.9. The van der Waals surface area contributed by atoms with Crippen molar-refractivity contribution in [3.63, 3.8) is 0 Å². The van der Waals surface area contributed by atoms with Crippen LogP contribution < -0.4 is 10.7 Å². The molecule has 0 radical (unpaired) electrons. The maximum absolute atomic E-state index is 13.6. The molecular weight excluding hydrogens is 453 g/mol. The van der Waals surface area contributed by atoms with Crippen LogP contribution >= 0.6 is 23.2 Å². The third-order valence-electron chi connectivity index (χ3n) is 5.27. The van der Waals surface area contributed by atoms with Gasteiger partial charge in [0.05, 0.1) is 0 Å². The molecule has 1 aromatic heterocycles.